The molecule has 1 aliphatic rings. The number of piperidine rings is 1. The number of hydrogen-bond donors (Lipinski definition) is 2. The summed E-state index contributed by atoms with van der Waals surface area (Å²) in [6.07, 6.45) is 1.35. The van der Waals surface area contributed by atoms with Crippen LogP contribution in [0.3, 0.4) is 0 Å². The fourth-order valence-electron chi connectivity index (χ4n) is 1.33. The highest BCUT2D eigenvalue weighted by molar-refractivity contribution is 5.84. The number of carbonyl (C=O) groups is 1. The quantitative estimate of drug-likeness (QED) is 0.489. The predicted molar refractivity (Wildman–Crippen MR) is 40.9 cm³/mol. The molecule has 0 spiro atoms. The smallest absolute Gasteiger partial charge is 0.269 e. The van der Waals surface area contributed by atoms with Crippen LogP contribution in [-0.2, 0) is 4.79 Å². The van der Waals surface area contributed by atoms with Gasteiger partial charge in [0.25, 0.3) is 5.91 Å². The van der Waals surface area contributed by atoms with E-state index in [0.29, 0.717) is 6.42 Å². The topological polar surface area (TPSA) is 52.6 Å². The van der Waals surface area contributed by atoms with Crippen molar-refractivity contribution in [2.75, 3.05) is 20.6 Å². The number of likely N-dealkylation sites (N-methyl/N-ethyl adjacent to an activating group) is 2. The Morgan fingerprint density at radius 1 is 1.73 bits per heavy atom. The molecule has 0 aromatic carbocycles. The Hall–Kier alpha value is -0.610. The fraction of sp³-hybridized carbons (Fsp3) is 0.857. The van der Waals surface area contributed by atoms with Crippen LogP contribution in [0.15, 0.2) is 0 Å². The second-order valence-corrected chi connectivity index (χ2v) is 2.94. The molecule has 11 heavy (non-hydrogen) atoms. The van der Waals surface area contributed by atoms with Crippen molar-refractivity contribution in [2.24, 2.45) is 0 Å². The van der Waals surface area contributed by atoms with E-state index in [4.69, 9.17) is 0 Å². The Bertz CT molecular complexity index is 172. The van der Waals surface area contributed by atoms with Crippen LogP contribution in [0, 0.1) is 0 Å². The van der Waals surface area contributed by atoms with Crippen molar-refractivity contribution in [2.45, 2.75) is 18.6 Å². The van der Waals surface area contributed by atoms with E-state index in [0.717, 1.165) is 13.0 Å². The first kappa shape index (κ1) is 8.49. The summed E-state index contributed by atoms with van der Waals surface area (Å²) in [5.41, 5.74) is -1.31. The van der Waals surface area contributed by atoms with Gasteiger partial charge in [0, 0.05) is 20.0 Å². The summed E-state index contributed by atoms with van der Waals surface area (Å²) >= 11 is 0. The van der Waals surface area contributed by atoms with E-state index in [1.54, 1.807) is 19.0 Å². The maximum Gasteiger partial charge on any atom is 0.269 e. The van der Waals surface area contributed by atoms with Gasteiger partial charge in [-0.1, -0.05) is 0 Å². The van der Waals surface area contributed by atoms with Gasteiger partial charge in [-0.2, -0.15) is 0 Å². The van der Waals surface area contributed by atoms with Crippen molar-refractivity contribution < 1.29 is 9.90 Å². The van der Waals surface area contributed by atoms with Crippen molar-refractivity contribution in [3.8, 4) is 0 Å². The summed E-state index contributed by atoms with van der Waals surface area (Å²) in [5.74, 6) is -0.230. The molecule has 0 radical (unpaired) electrons. The monoisotopic (exact) mass is 158 g/mol. The van der Waals surface area contributed by atoms with E-state index >= 15 is 0 Å². The van der Waals surface area contributed by atoms with Gasteiger partial charge in [-0.3, -0.25) is 10.1 Å². The summed E-state index contributed by atoms with van der Waals surface area (Å²) < 4.78 is 0. The summed E-state index contributed by atoms with van der Waals surface area (Å²) in [6.45, 7) is 0.739. The highest BCUT2D eigenvalue weighted by atomic mass is 16.3. The number of hydrogen-bond acceptors (Lipinski definition) is 3. The number of nitrogens with one attached hydrogen (secondary N) is 1. The van der Waals surface area contributed by atoms with E-state index in [1.165, 1.54) is 0 Å². The van der Waals surface area contributed by atoms with Gasteiger partial charge in [0.2, 0.25) is 0 Å². The van der Waals surface area contributed by atoms with Crippen LogP contribution < -0.4 is 5.32 Å². The molecule has 1 saturated heterocycles. The Labute approximate surface area is 66.2 Å². The van der Waals surface area contributed by atoms with Gasteiger partial charge in [-0.25, -0.2) is 0 Å². The van der Waals surface area contributed by atoms with Gasteiger partial charge < -0.3 is 10.0 Å². The van der Waals surface area contributed by atoms with Gasteiger partial charge in [0.05, 0.1) is 0 Å². The Balaban J connectivity index is 2.72. The van der Waals surface area contributed by atoms with Gasteiger partial charge >= 0.3 is 0 Å². The molecule has 1 amide bonds. The summed E-state index contributed by atoms with van der Waals surface area (Å²) in [4.78, 5) is 12.8. The first-order valence-electron chi connectivity index (χ1n) is 3.77. The average Bonchev–Trinajstić information content (AvgIpc) is 2.00. The van der Waals surface area contributed by atoms with Crippen molar-refractivity contribution >= 4 is 5.91 Å². The number of rotatable bonds is 1. The normalized spacial score (nSPS) is 32.6. The van der Waals surface area contributed by atoms with Crippen LogP contribution in [-0.4, -0.2) is 42.3 Å². The third-order valence-corrected chi connectivity index (χ3v) is 2.15. The first-order valence-corrected chi connectivity index (χ1v) is 3.77. The highest BCUT2D eigenvalue weighted by Crippen LogP contribution is 2.17. The third-order valence-electron chi connectivity index (χ3n) is 2.15. The second-order valence-electron chi connectivity index (χ2n) is 2.94. The van der Waals surface area contributed by atoms with E-state index < -0.39 is 5.72 Å². The third kappa shape index (κ3) is 1.36. The highest BCUT2D eigenvalue weighted by Gasteiger charge is 2.39. The molecule has 1 aliphatic heterocycles. The standard InChI is InChI=1S/C7H14N2O2/c1-8-7(11)4-3-5-9(2)6(7)10/h8,11H,3-5H2,1-2H3. The Kier molecular flexibility index (Phi) is 2.15. The minimum atomic E-state index is -1.31. The minimum absolute atomic E-state index is 0.230. The Morgan fingerprint density at radius 3 is 2.82 bits per heavy atom. The lowest BCUT2D eigenvalue weighted by Gasteiger charge is -2.35. The molecule has 0 aromatic rings. The van der Waals surface area contributed by atoms with Crippen molar-refractivity contribution in [3.63, 3.8) is 0 Å². The maximum absolute atomic E-state index is 11.3. The molecule has 1 atom stereocenters. The molecule has 0 aromatic heterocycles. The van der Waals surface area contributed by atoms with Crippen LogP contribution in [0.1, 0.15) is 12.8 Å². The molecule has 0 aliphatic carbocycles. The van der Waals surface area contributed by atoms with Gasteiger partial charge in [0.15, 0.2) is 5.72 Å². The number of nitrogens with zero attached hydrogens (tertiary/aromatic N) is 1. The number of likely N-dealkylation sites (tertiary alicyclic amines) is 1. The SMILES string of the molecule is CNC1(O)CCCN(C)C1=O. The molecule has 0 bridgehead atoms. The molecule has 1 heterocycles. The van der Waals surface area contributed by atoms with Crippen LogP contribution in [0.2, 0.25) is 0 Å². The molecule has 1 unspecified atom stereocenters. The van der Waals surface area contributed by atoms with Crippen LogP contribution in [0.25, 0.3) is 0 Å². The molecule has 1 fully saturated rings. The van der Waals surface area contributed by atoms with Crippen LogP contribution >= 0.6 is 0 Å². The average molecular weight is 158 g/mol. The van der Waals surface area contributed by atoms with E-state index in [2.05, 4.69) is 5.32 Å². The molecule has 0 saturated carbocycles. The van der Waals surface area contributed by atoms with Crippen molar-refractivity contribution in [1.82, 2.24) is 10.2 Å². The van der Waals surface area contributed by atoms with Gasteiger partial charge in [-0.15, -0.1) is 0 Å². The largest absolute Gasteiger partial charge is 0.367 e. The van der Waals surface area contributed by atoms with Crippen LogP contribution in [0.5, 0.6) is 0 Å². The predicted octanol–water partition coefficient (Wildman–Crippen LogP) is -0.853. The zero-order chi connectivity index (χ0) is 8.48. The summed E-state index contributed by atoms with van der Waals surface area (Å²) in [6, 6.07) is 0. The first-order chi connectivity index (χ1) is 5.10. The number of aliphatic hydroxyl groups is 1. The number of carbonyl (C=O) groups excluding carboxylic acids is 1. The van der Waals surface area contributed by atoms with Crippen molar-refractivity contribution in [3.05, 3.63) is 0 Å². The van der Waals surface area contributed by atoms with E-state index in [9.17, 15) is 9.90 Å². The lowest BCUT2D eigenvalue weighted by atomic mass is 10.0. The number of amides is 1. The molecule has 4 nitrogen and oxygen atoms in total. The fourth-order valence-corrected chi connectivity index (χ4v) is 1.33. The van der Waals surface area contributed by atoms with Gasteiger partial charge in [0.1, 0.15) is 0 Å². The molecule has 64 valence electrons. The minimum Gasteiger partial charge on any atom is -0.367 e. The van der Waals surface area contributed by atoms with E-state index in [1.807, 2.05) is 0 Å². The lowest BCUT2D eigenvalue weighted by molar-refractivity contribution is -0.158. The second kappa shape index (κ2) is 2.79. The summed E-state index contributed by atoms with van der Waals surface area (Å²) in [7, 11) is 3.29. The molecule has 4 heteroatoms. The lowest BCUT2D eigenvalue weighted by Crippen LogP contribution is -2.59. The summed E-state index contributed by atoms with van der Waals surface area (Å²) in [5, 5.41) is 12.2. The van der Waals surface area contributed by atoms with Crippen molar-refractivity contribution in [1.29, 1.82) is 0 Å². The van der Waals surface area contributed by atoms with Crippen LogP contribution in [0.4, 0.5) is 0 Å². The zero-order valence-corrected chi connectivity index (χ0v) is 6.92. The zero-order valence-electron chi connectivity index (χ0n) is 6.92. The molecule has 2 N–H and O–H groups in total. The van der Waals surface area contributed by atoms with E-state index in [-0.39, 0.29) is 5.91 Å². The molecular formula is C7H14N2O2. The molecular weight excluding hydrogens is 144 g/mol. The van der Waals surface area contributed by atoms with Gasteiger partial charge in [-0.05, 0) is 13.5 Å². The molecule has 1 rings (SSSR count). The maximum atomic E-state index is 11.3. The Morgan fingerprint density at radius 2 is 2.36 bits per heavy atom.